The Kier molecular flexibility index (Phi) is 2.89. The van der Waals surface area contributed by atoms with Crippen LogP contribution >= 0.6 is 0 Å². The van der Waals surface area contributed by atoms with Gasteiger partial charge < -0.3 is 10.8 Å². The summed E-state index contributed by atoms with van der Waals surface area (Å²) in [4.78, 5) is 14.1. The molecule has 3 N–H and O–H groups in total. The molecule has 0 aromatic carbocycles. The van der Waals surface area contributed by atoms with Crippen LogP contribution in [0.4, 0.5) is 18.9 Å². The highest BCUT2D eigenvalue weighted by Crippen LogP contribution is 2.28. The van der Waals surface area contributed by atoms with Crippen LogP contribution in [0.1, 0.15) is 16.2 Å². The molecule has 0 atom stereocenters. The fraction of sp³-hybridized carbons (Fsp3) is 0.100. The summed E-state index contributed by atoms with van der Waals surface area (Å²) in [6.45, 7) is 0. The number of nitrogens with zero attached hydrogens (tertiary/aromatic N) is 3. The summed E-state index contributed by atoms with van der Waals surface area (Å²) in [5.74, 6) is -1.54. The third-order valence-corrected chi connectivity index (χ3v) is 2.20. The molecule has 0 aliphatic carbocycles. The van der Waals surface area contributed by atoms with Crippen LogP contribution in [0.2, 0.25) is 0 Å². The first kappa shape index (κ1) is 12.9. The molecule has 9 heteroatoms. The zero-order valence-corrected chi connectivity index (χ0v) is 9.22. The van der Waals surface area contributed by atoms with Crippen molar-refractivity contribution in [1.29, 1.82) is 0 Å². The second-order valence-electron chi connectivity index (χ2n) is 3.56. The summed E-state index contributed by atoms with van der Waals surface area (Å²) >= 11 is 0. The van der Waals surface area contributed by atoms with Gasteiger partial charge >= 0.3 is 12.1 Å². The van der Waals surface area contributed by atoms with Crippen LogP contribution in [0.25, 0.3) is 5.82 Å². The summed E-state index contributed by atoms with van der Waals surface area (Å²) in [6.07, 6.45) is -3.50. The number of carbonyl (C=O) groups is 1. The molecule has 0 saturated carbocycles. The van der Waals surface area contributed by atoms with Gasteiger partial charge in [0.05, 0.1) is 11.9 Å². The third kappa shape index (κ3) is 2.49. The molecule has 0 unspecified atom stereocenters. The lowest BCUT2D eigenvalue weighted by molar-refractivity contribution is -0.141. The quantitative estimate of drug-likeness (QED) is 0.865. The molecule has 0 aliphatic rings. The van der Waals surface area contributed by atoms with Crippen molar-refractivity contribution in [2.45, 2.75) is 6.18 Å². The van der Waals surface area contributed by atoms with E-state index < -0.39 is 23.5 Å². The lowest BCUT2D eigenvalue weighted by atomic mass is 10.3. The van der Waals surface area contributed by atoms with E-state index in [0.29, 0.717) is 0 Å². The predicted octanol–water partition coefficient (Wildman–Crippen LogP) is 1.57. The van der Waals surface area contributed by atoms with Crippen molar-refractivity contribution in [3.63, 3.8) is 0 Å². The summed E-state index contributed by atoms with van der Waals surface area (Å²) in [7, 11) is 0. The second-order valence-corrected chi connectivity index (χ2v) is 3.56. The SMILES string of the molecule is Nc1cn(-c2cccc(C(F)(F)F)n2)nc1C(=O)O. The van der Waals surface area contributed by atoms with E-state index in [0.717, 1.165) is 23.0 Å². The number of carboxylic acids is 1. The molecule has 0 amide bonds. The first-order valence-electron chi connectivity index (χ1n) is 4.92. The largest absolute Gasteiger partial charge is 0.476 e. The second kappa shape index (κ2) is 4.26. The van der Waals surface area contributed by atoms with Crippen molar-refractivity contribution in [3.8, 4) is 5.82 Å². The van der Waals surface area contributed by atoms with Crippen molar-refractivity contribution in [3.05, 3.63) is 35.8 Å². The Morgan fingerprint density at radius 3 is 2.58 bits per heavy atom. The molecular formula is C10H7F3N4O2. The minimum atomic E-state index is -4.59. The number of nitrogen functional groups attached to an aromatic ring is 1. The predicted molar refractivity (Wildman–Crippen MR) is 57.7 cm³/mol. The number of rotatable bonds is 2. The Labute approximate surface area is 104 Å². The number of pyridine rings is 1. The van der Waals surface area contributed by atoms with Crippen molar-refractivity contribution in [2.75, 3.05) is 5.73 Å². The Hall–Kier alpha value is -2.58. The molecule has 100 valence electrons. The molecule has 0 fully saturated rings. The van der Waals surface area contributed by atoms with Gasteiger partial charge in [0, 0.05) is 0 Å². The van der Waals surface area contributed by atoms with Gasteiger partial charge in [-0.2, -0.15) is 18.3 Å². The smallest absolute Gasteiger partial charge is 0.433 e. The van der Waals surface area contributed by atoms with Crippen LogP contribution < -0.4 is 5.73 Å². The molecule has 2 aromatic rings. The minimum absolute atomic E-state index is 0.160. The summed E-state index contributed by atoms with van der Waals surface area (Å²) in [6, 6.07) is 3.20. The van der Waals surface area contributed by atoms with E-state index in [1.54, 1.807) is 0 Å². The van der Waals surface area contributed by atoms with Crippen molar-refractivity contribution in [2.24, 2.45) is 0 Å². The standard InChI is InChI=1S/C10H7F3N4O2/c11-10(12,13)6-2-1-3-7(15-6)17-4-5(14)8(16-17)9(18)19/h1-4H,14H2,(H,18,19). The van der Waals surface area contributed by atoms with E-state index in [9.17, 15) is 18.0 Å². The lowest BCUT2D eigenvalue weighted by Crippen LogP contribution is -2.10. The molecule has 0 saturated heterocycles. The monoisotopic (exact) mass is 272 g/mol. The zero-order valence-electron chi connectivity index (χ0n) is 9.22. The van der Waals surface area contributed by atoms with Crippen LogP contribution in [0.5, 0.6) is 0 Å². The maximum atomic E-state index is 12.5. The molecule has 2 aromatic heterocycles. The first-order valence-corrected chi connectivity index (χ1v) is 4.92. The van der Waals surface area contributed by atoms with E-state index in [1.165, 1.54) is 6.07 Å². The van der Waals surface area contributed by atoms with E-state index >= 15 is 0 Å². The van der Waals surface area contributed by atoms with Crippen LogP contribution in [-0.2, 0) is 6.18 Å². The molecule has 19 heavy (non-hydrogen) atoms. The van der Waals surface area contributed by atoms with Crippen molar-refractivity contribution < 1.29 is 23.1 Å². The number of nitrogens with two attached hydrogens (primary N) is 1. The Morgan fingerprint density at radius 1 is 1.37 bits per heavy atom. The van der Waals surface area contributed by atoms with E-state index in [-0.39, 0.29) is 11.5 Å². The zero-order chi connectivity index (χ0) is 14.2. The number of carboxylic acid groups (broad SMARTS) is 1. The highest BCUT2D eigenvalue weighted by molar-refractivity contribution is 5.91. The number of hydrogen-bond donors (Lipinski definition) is 2. The maximum absolute atomic E-state index is 12.5. The number of hydrogen-bond acceptors (Lipinski definition) is 4. The fourth-order valence-electron chi connectivity index (χ4n) is 1.38. The van der Waals surface area contributed by atoms with Crippen LogP contribution in [-0.4, -0.2) is 25.8 Å². The maximum Gasteiger partial charge on any atom is 0.433 e. The minimum Gasteiger partial charge on any atom is -0.476 e. The van der Waals surface area contributed by atoms with Crippen molar-refractivity contribution >= 4 is 11.7 Å². The normalized spacial score (nSPS) is 11.5. The topological polar surface area (TPSA) is 94.0 Å². The number of aromatic carboxylic acids is 1. The summed E-state index contributed by atoms with van der Waals surface area (Å²) < 4.78 is 38.3. The Bertz CT molecular complexity index is 636. The molecule has 0 spiro atoms. The van der Waals surface area contributed by atoms with Crippen LogP contribution in [0.15, 0.2) is 24.4 Å². The molecular weight excluding hydrogens is 265 g/mol. The van der Waals surface area contributed by atoms with Gasteiger partial charge in [0.2, 0.25) is 0 Å². The van der Waals surface area contributed by atoms with Gasteiger partial charge in [-0.15, -0.1) is 0 Å². The number of halogens is 3. The highest BCUT2D eigenvalue weighted by atomic mass is 19.4. The average Bonchev–Trinajstić information content (AvgIpc) is 2.70. The van der Waals surface area contributed by atoms with Gasteiger partial charge in [-0.25, -0.2) is 14.5 Å². The first-order chi connectivity index (χ1) is 8.79. The molecule has 2 rings (SSSR count). The Balaban J connectivity index is 2.48. The number of aromatic nitrogens is 3. The fourth-order valence-corrected chi connectivity index (χ4v) is 1.38. The average molecular weight is 272 g/mol. The van der Waals surface area contributed by atoms with E-state index in [4.69, 9.17) is 10.8 Å². The molecule has 0 bridgehead atoms. The molecule has 2 heterocycles. The van der Waals surface area contributed by atoms with E-state index in [2.05, 4.69) is 10.1 Å². The highest BCUT2D eigenvalue weighted by Gasteiger charge is 2.32. The third-order valence-electron chi connectivity index (χ3n) is 2.20. The number of alkyl halides is 3. The van der Waals surface area contributed by atoms with Gasteiger partial charge in [0.15, 0.2) is 11.5 Å². The van der Waals surface area contributed by atoms with Gasteiger partial charge in [-0.1, -0.05) is 6.07 Å². The van der Waals surface area contributed by atoms with Crippen molar-refractivity contribution in [1.82, 2.24) is 14.8 Å². The van der Waals surface area contributed by atoms with Gasteiger partial charge in [0.25, 0.3) is 0 Å². The van der Waals surface area contributed by atoms with Crippen LogP contribution in [0, 0.1) is 0 Å². The van der Waals surface area contributed by atoms with Crippen LogP contribution in [0.3, 0.4) is 0 Å². The van der Waals surface area contributed by atoms with Gasteiger partial charge in [-0.05, 0) is 12.1 Å². The molecule has 0 radical (unpaired) electrons. The lowest BCUT2D eigenvalue weighted by Gasteiger charge is -2.07. The van der Waals surface area contributed by atoms with Gasteiger partial charge in [-0.3, -0.25) is 0 Å². The summed E-state index contributed by atoms with van der Waals surface area (Å²) in [5, 5.41) is 12.3. The number of anilines is 1. The summed E-state index contributed by atoms with van der Waals surface area (Å²) in [5.41, 5.74) is 3.68. The Morgan fingerprint density at radius 2 is 2.05 bits per heavy atom. The van der Waals surface area contributed by atoms with E-state index in [1.807, 2.05) is 0 Å². The van der Waals surface area contributed by atoms with Gasteiger partial charge in [0.1, 0.15) is 5.69 Å². The molecule has 0 aliphatic heterocycles. The molecule has 6 nitrogen and oxygen atoms in total.